The van der Waals surface area contributed by atoms with E-state index in [1.54, 1.807) is 0 Å². The average molecular weight is 176 g/mol. The van der Waals surface area contributed by atoms with Crippen molar-refractivity contribution in [2.75, 3.05) is 18.4 Å². The van der Waals surface area contributed by atoms with Crippen molar-refractivity contribution in [1.29, 1.82) is 0 Å². The van der Waals surface area contributed by atoms with Gasteiger partial charge in [0.15, 0.2) is 0 Å². The number of para-hydroxylation sites is 1. The Morgan fingerprint density at radius 1 is 1.31 bits per heavy atom. The largest absolute Gasteiger partial charge is 0.383 e. The highest BCUT2D eigenvalue weighted by atomic mass is 15.0. The third kappa shape index (κ3) is 2.46. The van der Waals surface area contributed by atoms with Gasteiger partial charge in [0.25, 0.3) is 0 Å². The van der Waals surface area contributed by atoms with E-state index in [0.29, 0.717) is 6.04 Å². The Morgan fingerprint density at radius 2 is 2.15 bits per heavy atom. The molecule has 0 aliphatic carbocycles. The van der Waals surface area contributed by atoms with Crippen molar-refractivity contribution >= 4 is 5.69 Å². The number of benzene rings is 1. The fourth-order valence-corrected chi connectivity index (χ4v) is 1.73. The summed E-state index contributed by atoms with van der Waals surface area (Å²) in [5, 5.41) is 6.89. The molecule has 13 heavy (non-hydrogen) atoms. The van der Waals surface area contributed by atoms with E-state index < -0.39 is 0 Å². The molecule has 2 nitrogen and oxygen atoms in total. The molecule has 1 aromatic rings. The molecule has 0 saturated carbocycles. The smallest absolute Gasteiger partial charge is 0.0340 e. The maximum atomic E-state index is 3.46. The minimum absolute atomic E-state index is 0.667. The minimum atomic E-state index is 0.667. The van der Waals surface area contributed by atoms with Gasteiger partial charge in [-0.2, -0.15) is 0 Å². The summed E-state index contributed by atoms with van der Waals surface area (Å²) in [5.41, 5.74) is 1.22. The number of anilines is 1. The van der Waals surface area contributed by atoms with E-state index >= 15 is 0 Å². The zero-order valence-corrected chi connectivity index (χ0v) is 7.79. The van der Waals surface area contributed by atoms with Gasteiger partial charge in [-0.15, -0.1) is 0 Å². The minimum Gasteiger partial charge on any atom is -0.383 e. The lowest BCUT2D eigenvalue weighted by Gasteiger charge is -2.12. The van der Waals surface area contributed by atoms with E-state index in [1.807, 2.05) is 6.07 Å². The fraction of sp³-hybridized carbons (Fsp3) is 0.455. The van der Waals surface area contributed by atoms with Gasteiger partial charge in [-0.1, -0.05) is 18.2 Å². The second kappa shape index (κ2) is 4.28. The molecular formula is C11H16N2. The lowest BCUT2D eigenvalue weighted by molar-refractivity contribution is 0.633. The topological polar surface area (TPSA) is 24.1 Å². The highest BCUT2D eigenvalue weighted by molar-refractivity contribution is 5.42. The molecular weight excluding hydrogens is 160 g/mol. The van der Waals surface area contributed by atoms with Crippen molar-refractivity contribution in [3.63, 3.8) is 0 Å². The molecule has 0 aromatic heterocycles. The van der Waals surface area contributed by atoms with Crippen LogP contribution in [0.4, 0.5) is 5.69 Å². The van der Waals surface area contributed by atoms with Crippen LogP contribution in [-0.2, 0) is 0 Å². The Hall–Kier alpha value is -1.02. The lowest BCUT2D eigenvalue weighted by Crippen LogP contribution is -2.29. The molecule has 1 aliphatic heterocycles. The maximum absolute atomic E-state index is 3.46. The lowest BCUT2D eigenvalue weighted by atomic mass is 10.2. The third-order valence-electron chi connectivity index (χ3n) is 2.49. The SMILES string of the molecule is c1ccc(NC[C@H]2CCCN2)cc1. The fourth-order valence-electron chi connectivity index (χ4n) is 1.73. The molecule has 2 rings (SSSR count). The molecule has 0 bridgehead atoms. The summed E-state index contributed by atoms with van der Waals surface area (Å²) in [6, 6.07) is 11.0. The monoisotopic (exact) mass is 176 g/mol. The molecule has 70 valence electrons. The van der Waals surface area contributed by atoms with Crippen LogP contribution in [0.1, 0.15) is 12.8 Å². The zero-order valence-electron chi connectivity index (χ0n) is 7.79. The molecule has 1 fully saturated rings. The Kier molecular flexibility index (Phi) is 2.82. The van der Waals surface area contributed by atoms with Crippen LogP contribution in [0.3, 0.4) is 0 Å². The van der Waals surface area contributed by atoms with Crippen molar-refractivity contribution in [1.82, 2.24) is 5.32 Å². The van der Waals surface area contributed by atoms with Crippen molar-refractivity contribution < 1.29 is 0 Å². The summed E-state index contributed by atoms with van der Waals surface area (Å²) in [7, 11) is 0. The van der Waals surface area contributed by atoms with E-state index in [2.05, 4.69) is 34.9 Å². The first kappa shape index (κ1) is 8.57. The van der Waals surface area contributed by atoms with Crippen LogP contribution in [-0.4, -0.2) is 19.1 Å². The quantitative estimate of drug-likeness (QED) is 0.734. The van der Waals surface area contributed by atoms with Gasteiger partial charge in [0.2, 0.25) is 0 Å². The normalized spacial score (nSPS) is 21.7. The van der Waals surface area contributed by atoms with E-state index in [9.17, 15) is 0 Å². The summed E-state index contributed by atoms with van der Waals surface area (Å²) in [6.45, 7) is 2.23. The highest BCUT2D eigenvalue weighted by Crippen LogP contribution is 2.08. The van der Waals surface area contributed by atoms with Crippen LogP contribution in [0.5, 0.6) is 0 Å². The summed E-state index contributed by atoms with van der Waals surface area (Å²) >= 11 is 0. The number of hydrogen-bond acceptors (Lipinski definition) is 2. The van der Waals surface area contributed by atoms with Gasteiger partial charge in [0.1, 0.15) is 0 Å². The van der Waals surface area contributed by atoms with Gasteiger partial charge in [-0.25, -0.2) is 0 Å². The van der Waals surface area contributed by atoms with E-state index in [1.165, 1.54) is 25.1 Å². The van der Waals surface area contributed by atoms with Gasteiger partial charge < -0.3 is 10.6 Å². The number of rotatable bonds is 3. The van der Waals surface area contributed by atoms with Crippen molar-refractivity contribution in [3.8, 4) is 0 Å². The van der Waals surface area contributed by atoms with Gasteiger partial charge >= 0.3 is 0 Å². The van der Waals surface area contributed by atoms with Gasteiger partial charge in [-0.05, 0) is 31.5 Å². The first-order valence-electron chi connectivity index (χ1n) is 4.97. The van der Waals surface area contributed by atoms with Gasteiger partial charge in [0.05, 0.1) is 0 Å². The predicted molar refractivity (Wildman–Crippen MR) is 56.0 cm³/mol. The van der Waals surface area contributed by atoms with Crippen molar-refractivity contribution in [2.24, 2.45) is 0 Å². The molecule has 1 saturated heterocycles. The molecule has 1 aliphatic rings. The van der Waals surface area contributed by atoms with E-state index in [-0.39, 0.29) is 0 Å². The molecule has 2 heteroatoms. The molecule has 0 radical (unpaired) electrons. The molecule has 0 amide bonds. The first-order chi connectivity index (χ1) is 6.45. The van der Waals surface area contributed by atoms with Gasteiger partial charge in [0, 0.05) is 18.3 Å². The average Bonchev–Trinajstić information content (AvgIpc) is 2.69. The summed E-state index contributed by atoms with van der Waals surface area (Å²) in [4.78, 5) is 0. The Balaban J connectivity index is 1.79. The van der Waals surface area contributed by atoms with Crippen LogP contribution in [0, 0.1) is 0 Å². The number of hydrogen-bond donors (Lipinski definition) is 2. The number of nitrogens with one attached hydrogen (secondary N) is 2. The second-order valence-corrected chi connectivity index (χ2v) is 3.54. The summed E-state index contributed by atoms with van der Waals surface area (Å²) in [5.74, 6) is 0. The standard InChI is InChI=1S/C11H16N2/c1-2-5-10(6-3-1)13-9-11-7-4-8-12-11/h1-3,5-6,11-13H,4,7-9H2/t11-/m1/s1. The first-order valence-corrected chi connectivity index (χ1v) is 4.97. The van der Waals surface area contributed by atoms with Crippen LogP contribution >= 0.6 is 0 Å². The van der Waals surface area contributed by atoms with Gasteiger partial charge in [-0.3, -0.25) is 0 Å². The van der Waals surface area contributed by atoms with E-state index in [0.717, 1.165) is 6.54 Å². The molecule has 1 aromatic carbocycles. The highest BCUT2D eigenvalue weighted by Gasteiger charge is 2.12. The third-order valence-corrected chi connectivity index (χ3v) is 2.49. The Labute approximate surface area is 79.4 Å². The molecule has 1 heterocycles. The van der Waals surface area contributed by atoms with Crippen LogP contribution in [0.15, 0.2) is 30.3 Å². The molecule has 0 unspecified atom stereocenters. The Bertz CT molecular complexity index is 240. The van der Waals surface area contributed by atoms with Crippen LogP contribution < -0.4 is 10.6 Å². The summed E-state index contributed by atoms with van der Waals surface area (Å²) < 4.78 is 0. The summed E-state index contributed by atoms with van der Waals surface area (Å²) in [6.07, 6.45) is 2.63. The second-order valence-electron chi connectivity index (χ2n) is 3.54. The van der Waals surface area contributed by atoms with Crippen LogP contribution in [0.25, 0.3) is 0 Å². The zero-order chi connectivity index (χ0) is 8.93. The Morgan fingerprint density at radius 3 is 2.85 bits per heavy atom. The van der Waals surface area contributed by atoms with Crippen molar-refractivity contribution in [3.05, 3.63) is 30.3 Å². The van der Waals surface area contributed by atoms with E-state index in [4.69, 9.17) is 0 Å². The van der Waals surface area contributed by atoms with Crippen LogP contribution in [0.2, 0.25) is 0 Å². The predicted octanol–water partition coefficient (Wildman–Crippen LogP) is 1.85. The maximum Gasteiger partial charge on any atom is 0.0340 e. The molecule has 1 atom stereocenters. The molecule has 0 spiro atoms. The van der Waals surface area contributed by atoms with Crippen molar-refractivity contribution in [2.45, 2.75) is 18.9 Å². The molecule has 2 N–H and O–H groups in total.